The van der Waals surface area contributed by atoms with Gasteiger partial charge in [0.1, 0.15) is 5.75 Å². The molecule has 1 aromatic carbocycles. The fraction of sp³-hybridized carbons (Fsp3) is 0.250. The van der Waals surface area contributed by atoms with Crippen molar-refractivity contribution in [3.63, 3.8) is 0 Å². The zero-order valence-electron chi connectivity index (χ0n) is 9.15. The van der Waals surface area contributed by atoms with Crippen LogP contribution < -0.4 is 10.2 Å². The van der Waals surface area contributed by atoms with E-state index in [1.54, 1.807) is 32.2 Å². The topological polar surface area (TPSA) is 62.3 Å². The summed E-state index contributed by atoms with van der Waals surface area (Å²) in [7, 11) is 1.55. The molecule has 0 aliphatic rings. The molecule has 1 unspecified atom stereocenters. The number of pyridine rings is 1. The molecule has 2 N–H and O–H groups in total. The number of hydrogen-bond acceptors (Lipinski definition) is 3. The number of hydrogen-bond donors (Lipinski definition) is 2. The average Bonchev–Trinajstić information content (AvgIpc) is 2.28. The monoisotopic (exact) mass is 219 g/mol. The Kier molecular flexibility index (Phi) is 2.66. The number of H-pyrrole nitrogens is 1. The molecule has 0 amide bonds. The lowest BCUT2D eigenvalue weighted by Gasteiger charge is -2.08. The van der Waals surface area contributed by atoms with Gasteiger partial charge in [-0.25, -0.2) is 0 Å². The van der Waals surface area contributed by atoms with E-state index in [0.29, 0.717) is 22.2 Å². The van der Waals surface area contributed by atoms with Crippen LogP contribution in [0.2, 0.25) is 0 Å². The minimum Gasteiger partial charge on any atom is -0.495 e. The van der Waals surface area contributed by atoms with Crippen LogP contribution in [0.1, 0.15) is 18.6 Å². The molecular weight excluding hydrogens is 206 g/mol. The van der Waals surface area contributed by atoms with E-state index < -0.39 is 6.10 Å². The summed E-state index contributed by atoms with van der Waals surface area (Å²) in [6, 6.07) is 5.24. The average molecular weight is 219 g/mol. The quantitative estimate of drug-likeness (QED) is 0.806. The number of fused-ring (bicyclic) bond motifs is 1. The van der Waals surface area contributed by atoms with E-state index in [9.17, 15) is 9.90 Å². The molecule has 0 fully saturated rings. The molecule has 1 heterocycles. The summed E-state index contributed by atoms with van der Waals surface area (Å²) in [5, 5.41) is 9.96. The van der Waals surface area contributed by atoms with E-state index in [2.05, 4.69) is 4.98 Å². The number of aromatic amines is 1. The largest absolute Gasteiger partial charge is 0.495 e. The van der Waals surface area contributed by atoms with Gasteiger partial charge in [0, 0.05) is 17.1 Å². The molecule has 2 rings (SSSR count). The zero-order chi connectivity index (χ0) is 11.7. The standard InChI is InChI=1S/C12H13NO3/c1-7(14)9-6-13-11-8(12(9)15)4-3-5-10(11)16-2/h3-7,14H,1-2H3,(H,13,15). The zero-order valence-corrected chi connectivity index (χ0v) is 9.15. The van der Waals surface area contributed by atoms with Crippen LogP contribution in [0.5, 0.6) is 5.75 Å². The van der Waals surface area contributed by atoms with Crippen LogP contribution in [-0.2, 0) is 0 Å². The number of ether oxygens (including phenoxy) is 1. The molecular formula is C12H13NO3. The Morgan fingerprint density at radius 2 is 2.19 bits per heavy atom. The van der Waals surface area contributed by atoms with E-state index in [0.717, 1.165) is 0 Å². The van der Waals surface area contributed by atoms with Gasteiger partial charge in [-0.05, 0) is 19.1 Å². The van der Waals surface area contributed by atoms with Crippen LogP contribution in [0, 0.1) is 0 Å². The van der Waals surface area contributed by atoms with Gasteiger partial charge in [-0.3, -0.25) is 4.79 Å². The van der Waals surface area contributed by atoms with Crippen molar-refractivity contribution in [2.24, 2.45) is 0 Å². The van der Waals surface area contributed by atoms with E-state index in [4.69, 9.17) is 4.74 Å². The number of aromatic nitrogens is 1. The molecule has 1 aromatic heterocycles. The lowest BCUT2D eigenvalue weighted by atomic mass is 10.1. The summed E-state index contributed by atoms with van der Waals surface area (Å²) >= 11 is 0. The highest BCUT2D eigenvalue weighted by atomic mass is 16.5. The Balaban J connectivity index is 2.82. The molecule has 0 aliphatic carbocycles. The van der Waals surface area contributed by atoms with Gasteiger partial charge in [0.05, 0.1) is 18.7 Å². The Labute approximate surface area is 92.5 Å². The highest BCUT2D eigenvalue weighted by Gasteiger charge is 2.11. The van der Waals surface area contributed by atoms with Gasteiger partial charge in [-0.15, -0.1) is 0 Å². The van der Waals surface area contributed by atoms with E-state index in [-0.39, 0.29) is 5.43 Å². The Morgan fingerprint density at radius 3 is 2.81 bits per heavy atom. The van der Waals surface area contributed by atoms with Gasteiger partial charge in [-0.2, -0.15) is 0 Å². The summed E-state index contributed by atoms with van der Waals surface area (Å²) in [6.07, 6.45) is 0.747. The molecule has 0 aliphatic heterocycles. The third-order valence-electron chi connectivity index (χ3n) is 2.58. The second-order valence-electron chi connectivity index (χ2n) is 3.63. The number of nitrogens with one attached hydrogen (secondary N) is 1. The maximum absolute atomic E-state index is 12.0. The number of methoxy groups -OCH3 is 1. The van der Waals surface area contributed by atoms with E-state index >= 15 is 0 Å². The molecule has 4 heteroatoms. The van der Waals surface area contributed by atoms with Gasteiger partial charge in [0.2, 0.25) is 0 Å². The minimum absolute atomic E-state index is 0.164. The number of rotatable bonds is 2. The molecule has 0 spiro atoms. The van der Waals surface area contributed by atoms with Crippen molar-refractivity contribution in [3.8, 4) is 5.75 Å². The first kappa shape index (κ1) is 10.7. The maximum atomic E-state index is 12.0. The van der Waals surface area contributed by atoms with E-state index in [1.165, 1.54) is 6.20 Å². The first-order valence-electron chi connectivity index (χ1n) is 5.01. The first-order chi connectivity index (χ1) is 7.65. The summed E-state index contributed by atoms with van der Waals surface area (Å²) < 4.78 is 5.15. The second-order valence-corrected chi connectivity index (χ2v) is 3.63. The Morgan fingerprint density at radius 1 is 1.44 bits per heavy atom. The lowest BCUT2D eigenvalue weighted by molar-refractivity contribution is 0.198. The van der Waals surface area contributed by atoms with Crippen LogP contribution in [0.4, 0.5) is 0 Å². The normalized spacial score (nSPS) is 12.7. The van der Waals surface area contributed by atoms with Crippen LogP contribution in [0.25, 0.3) is 10.9 Å². The molecule has 16 heavy (non-hydrogen) atoms. The number of aliphatic hydroxyl groups is 1. The van der Waals surface area contributed by atoms with Gasteiger partial charge in [0.15, 0.2) is 5.43 Å². The molecule has 4 nitrogen and oxygen atoms in total. The van der Waals surface area contributed by atoms with Gasteiger partial charge in [-0.1, -0.05) is 6.07 Å². The molecule has 1 atom stereocenters. The van der Waals surface area contributed by atoms with Gasteiger partial charge in [0.25, 0.3) is 0 Å². The molecule has 0 bridgehead atoms. The molecule has 0 radical (unpaired) electrons. The van der Waals surface area contributed by atoms with E-state index in [1.807, 2.05) is 0 Å². The summed E-state index contributed by atoms with van der Waals surface area (Å²) in [5.41, 5.74) is 0.850. The number of aliphatic hydroxyl groups excluding tert-OH is 1. The van der Waals surface area contributed by atoms with Crippen LogP contribution in [0.3, 0.4) is 0 Å². The van der Waals surface area contributed by atoms with Crippen molar-refractivity contribution in [1.82, 2.24) is 4.98 Å². The number of para-hydroxylation sites is 1. The number of benzene rings is 1. The predicted octanol–water partition coefficient (Wildman–Crippen LogP) is 1.59. The summed E-state index contributed by atoms with van der Waals surface area (Å²) in [4.78, 5) is 15.0. The lowest BCUT2D eigenvalue weighted by Crippen LogP contribution is -2.12. The summed E-state index contributed by atoms with van der Waals surface area (Å²) in [5.74, 6) is 0.617. The van der Waals surface area contributed by atoms with Crippen LogP contribution in [0.15, 0.2) is 29.2 Å². The fourth-order valence-electron chi connectivity index (χ4n) is 1.72. The fourth-order valence-corrected chi connectivity index (χ4v) is 1.72. The Bertz CT molecular complexity index is 572. The first-order valence-corrected chi connectivity index (χ1v) is 5.01. The minimum atomic E-state index is -0.778. The smallest absolute Gasteiger partial charge is 0.195 e. The van der Waals surface area contributed by atoms with Gasteiger partial charge < -0.3 is 14.8 Å². The Hall–Kier alpha value is -1.81. The van der Waals surface area contributed by atoms with Crippen molar-refractivity contribution in [2.45, 2.75) is 13.0 Å². The van der Waals surface area contributed by atoms with Crippen molar-refractivity contribution in [2.75, 3.05) is 7.11 Å². The SMILES string of the molecule is COc1cccc2c(=O)c(C(C)O)c[nH]c12. The molecule has 0 saturated heterocycles. The van der Waals surface area contributed by atoms with Crippen LogP contribution in [-0.4, -0.2) is 17.2 Å². The second kappa shape index (κ2) is 3.98. The summed E-state index contributed by atoms with van der Waals surface area (Å²) in [6.45, 7) is 1.57. The van der Waals surface area contributed by atoms with Crippen LogP contribution >= 0.6 is 0 Å². The van der Waals surface area contributed by atoms with Crippen molar-refractivity contribution in [3.05, 3.63) is 40.2 Å². The highest BCUT2D eigenvalue weighted by Crippen LogP contribution is 2.21. The molecule has 2 aromatic rings. The highest BCUT2D eigenvalue weighted by molar-refractivity contribution is 5.84. The van der Waals surface area contributed by atoms with Gasteiger partial charge >= 0.3 is 0 Å². The molecule has 0 saturated carbocycles. The molecule has 84 valence electrons. The third kappa shape index (κ3) is 1.57. The third-order valence-corrected chi connectivity index (χ3v) is 2.58. The van der Waals surface area contributed by atoms with Crippen molar-refractivity contribution >= 4 is 10.9 Å². The predicted molar refractivity (Wildman–Crippen MR) is 61.8 cm³/mol. The maximum Gasteiger partial charge on any atom is 0.195 e. The van der Waals surface area contributed by atoms with Crippen molar-refractivity contribution < 1.29 is 9.84 Å². The van der Waals surface area contributed by atoms with Crippen molar-refractivity contribution in [1.29, 1.82) is 0 Å².